The number of fused-ring (bicyclic) bond motifs is 2. The number of primary amides is 1. The van der Waals surface area contributed by atoms with Crippen molar-refractivity contribution >= 4 is 63.6 Å². The van der Waals surface area contributed by atoms with E-state index in [0.29, 0.717) is 48.4 Å². The maximum Gasteiger partial charge on any atom is 0.266 e. The van der Waals surface area contributed by atoms with Crippen LogP contribution < -0.4 is 31.7 Å². The van der Waals surface area contributed by atoms with Gasteiger partial charge >= 0.3 is 0 Å². The van der Waals surface area contributed by atoms with E-state index < -0.39 is 48.1 Å². The fraction of sp³-hybridized carbons (Fsp3) is 0.222. The van der Waals surface area contributed by atoms with Crippen LogP contribution in [-0.4, -0.2) is 77.0 Å². The molecule has 7 amide bonds. The second kappa shape index (κ2) is 14.9. The number of piperidine rings is 1. The van der Waals surface area contributed by atoms with E-state index in [9.17, 15) is 33.6 Å². The van der Waals surface area contributed by atoms with Gasteiger partial charge in [-0.2, -0.15) is 0 Å². The lowest BCUT2D eigenvalue weighted by atomic mass is 10.0. The van der Waals surface area contributed by atoms with Crippen molar-refractivity contribution in [3.63, 3.8) is 0 Å². The summed E-state index contributed by atoms with van der Waals surface area (Å²) in [7, 11) is 0. The average molecular weight is 692 g/mol. The zero-order chi connectivity index (χ0) is 36.1. The number of unbranched alkanes of at least 4 members (excludes halogenated alkanes) is 1. The molecule has 15 nitrogen and oxygen atoms in total. The predicted octanol–water partition coefficient (Wildman–Crippen LogP) is 2.18. The molecule has 1 aromatic heterocycles. The molecule has 0 radical (unpaired) electrons. The van der Waals surface area contributed by atoms with E-state index >= 15 is 0 Å². The number of hydrogen-bond acceptors (Lipinski definition) is 10. The summed E-state index contributed by atoms with van der Waals surface area (Å²) in [6.07, 6.45) is 2.59. The number of nitrogens with one attached hydrogen (secondary N) is 4. The van der Waals surface area contributed by atoms with Crippen LogP contribution >= 0.6 is 0 Å². The van der Waals surface area contributed by atoms with Crippen molar-refractivity contribution in [3.8, 4) is 5.75 Å². The average Bonchev–Trinajstić information content (AvgIpc) is 3.38. The number of pyridine rings is 1. The number of carbonyl (C=O) groups is 7. The van der Waals surface area contributed by atoms with Gasteiger partial charge in [0.2, 0.25) is 11.8 Å². The van der Waals surface area contributed by atoms with Crippen LogP contribution in [0.4, 0.5) is 11.4 Å². The summed E-state index contributed by atoms with van der Waals surface area (Å²) in [5.41, 5.74) is 8.13. The molecular formula is C36H33N7O8. The van der Waals surface area contributed by atoms with Crippen molar-refractivity contribution in [2.24, 2.45) is 5.73 Å². The summed E-state index contributed by atoms with van der Waals surface area (Å²) in [5.74, 6) is -3.90. The van der Waals surface area contributed by atoms with Crippen LogP contribution in [0.1, 0.15) is 67.1 Å². The lowest BCUT2D eigenvalue weighted by Crippen LogP contribution is -2.54. The molecule has 0 aliphatic carbocycles. The molecule has 0 spiro atoms. The third-order valence-corrected chi connectivity index (χ3v) is 8.46. The summed E-state index contributed by atoms with van der Waals surface area (Å²) in [6, 6.07) is 17.4. The van der Waals surface area contributed by atoms with E-state index in [1.807, 2.05) is 24.3 Å². The van der Waals surface area contributed by atoms with Gasteiger partial charge in [0, 0.05) is 42.3 Å². The van der Waals surface area contributed by atoms with Gasteiger partial charge < -0.3 is 26.4 Å². The zero-order valence-electron chi connectivity index (χ0n) is 27.2. The molecule has 1 unspecified atom stereocenters. The smallest absolute Gasteiger partial charge is 0.266 e. The Labute approximate surface area is 290 Å². The Bertz CT molecular complexity index is 2080. The molecule has 6 rings (SSSR count). The Kier molecular flexibility index (Phi) is 9.97. The van der Waals surface area contributed by atoms with Crippen molar-refractivity contribution in [1.29, 1.82) is 0 Å². The van der Waals surface area contributed by atoms with Crippen molar-refractivity contribution in [2.75, 3.05) is 25.0 Å². The first-order valence-electron chi connectivity index (χ1n) is 16.2. The number of imide groups is 2. The molecule has 1 fully saturated rings. The summed E-state index contributed by atoms with van der Waals surface area (Å²) in [5, 5.41) is 11.7. The van der Waals surface area contributed by atoms with Crippen molar-refractivity contribution < 1.29 is 38.3 Å². The lowest BCUT2D eigenvalue weighted by molar-refractivity contribution is -0.136. The molecule has 2 aliphatic rings. The topological polar surface area (TPSA) is 219 Å². The largest absolute Gasteiger partial charge is 0.483 e. The number of nitrogens with two attached hydrogens (primary N) is 1. The Balaban J connectivity index is 0.929. The van der Waals surface area contributed by atoms with Gasteiger partial charge in [0.15, 0.2) is 6.61 Å². The number of benzene rings is 3. The molecule has 3 aromatic carbocycles. The van der Waals surface area contributed by atoms with Gasteiger partial charge in [0.25, 0.3) is 29.5 Å². The van der Waals surface area contributed by atoms with Crippen LogP contribution in [0, 0.1) is 0 Å². The fourth-order valence-corrected chi connectivity index (χ4v) is 5.89. The number of anilines is 2. The molecule has 0 saturated carbocycles. The van der Waals surface area contributed by atoms with E-state index in [2.05, 4.69) is 26.3 Å². The highest BCUT2D eigenvalue weighted by atomic mass is 16.5. The van der Waals surface area contributed by atoms with E-state index in [1.54, 1.807) is 24.3 Å². The van der Waals surface area contributed by atoms with Crippen LogP contribution in [0.3, 0.4) is 0 Å². The standard InChI is InChI=1S/C36H33N7O8/c37-32(46)24-18-40-25-8-2-1-6-22(25)31(24)41-21-12-10-20(11-13-21)33(47)39-17-4-3-16-38-29(45)19-51-27-9-5-7-23-30(27)36(50)43(35(23)49)26-14-15-28(44)42-34(26)48/h1-2,5-13,18,26H,3-4,14-17,19H2,(H2,37,46)(H,38,45)(H,39,47)(H,40,41)(H,42,44,48). The van der Waals surface area contributed by atoms with E-state index in [1.165, 1.54) is 24.4 Å². The van der Waals surface area contributed by atoms with Gasteiger partial charge in [0.1, 0.15) is 11.8 Å². The molecule has 4 aromatic rings. The maximum absolute atomic E-state index is 13.2. The second-order valence-electron chi connectivity index (χ2n) is 11.9. The minimum atomic E-state index is -1.11. The molecule has 1 atom stereocenters. The number of para-hydroxylation sites is 1. The third-order valence-electron chi connectivity index (χ3n) is 8.46. The van der Waals surface area contributed by atoms with Crippen LogP contribution in [0.15, 0.2) is 72.9 Å². The van der Waals surface area contributed by atoms with E-state index in [-0.39, 0.29) is 41.2 Å². The Morgan fingerprint density at radius 1 is 0.902 bits per heavy atom. The van der Waals surface area contributed by atoms with Gasteiger partial charge in [0.05, 0.1) is 27.9 Å². The van der Waals surface area contributed by atoms with Crippen LogP contribution in [0.5, 0.6) is 5.75 Å². The van der Waals surface area contributed by atoms with Crippen molar-refractivity contribution in [1.82, 2.24) is 25.8 Å². The van der Waals surface area contributed by atoms with Gasteiger partial charge in [-0.15, -0.1) is 0 Å². The lowest BCUT2D eigenvalue weighted by Gasteiger charge is -2.27. The number of carbonyl (C=O) groups excluding carboxylic acids is 7. The first kappa shape index (κ1) is 34.2. The van der Waals surface area contributed by atoms with Gasteiger partial charge in [-0.05, 0) is 61.7 Å². The summed E-state index contributed by atoms with van der Waals surface area (Å²) in [4.78, 5) is 92.3. The predicted molar refractivity (Wildman–Crippen MR) is 183 cm³/mol. The highest BCUT2D eigenvalue weighted by Gasteiger charge is 2.46. The van der Waals surface area contributed by atoms with Crippen molar-refractivity contribution in [3.05, 3.63) is 95.2 Å². The van der Waals surface area contributed by atoms with E-state index in [4.69, 9.17) is 10.5 Å². The second-order valence-corrected chi connectivity index (χ2v) is 11.9. The van der Waals surface area contributed by atoms with Gasteiger partial charge in [-0.25, -0.2) is 0 Å². The van der Waals surface area contributed by atoms with Gasteiger partial charge in [-0.3, -0.25) is 48.8 Å². The molecule has 0 bridgehead atoms. The molecule has 15 heteroatoms. The number of aromatic nitrogens is 1. The first-order valence-corrected chi connectivity index (χ1v) is 16.2. The van der Waals surface area contributed by atoms with Crippen LogP contribution in [0.25, 0.3) is 10.9 Å². The molecule has 51 heavy (non-hydrogen) atoms. The fourth-order valence-electron chi connectivity index (χ4n) is 5.89. The zero-order valence-corrected chi connectivity index (χ0v) is 27.2. The SMILES string of the molecule is NC(=O)c1cnc2ccccc2c1Nc1ccc(C(=O)NCCCCNC(=O)COc2cccc3c2C(=O)N(C2CCC(=O)NC2=O)C3=O)cc1. The molecule has 2 aliphatic heterocycles. The number of amides is 7. The Hall–Kier alpha value is -6.64. The highest BCUT2D eigenvalue weighted by molar-refractivity contribution is 6.24. The molecule has 260 valence electrons. The maximum atomic E-state index is 13.2. The quantitative estimate of drug-likeness (QED) is 0.102. The minimum Gasteiger partial charge on any atom is -0.483 e. The third kappa shape index (κ3) is 7.36. The summed E-state index contributed by atoms with van der Waals surface area (Å²) >= 11 is 0. The number of rotatable bonds is 13. The summed E-state index contributed by atoms with van der Waals surface area (Å²) in [6.45, 7) is 0.258. The molecule has 1 saturated heterocycles. The Morgan fingerprint density at radius 2 is 1.65 bits per heavy atom. The number of hydrogen-bond donors (Lipinski definition) is 5. The molecule has 3 heterocycles. The minimum absolute atomic E-state index is 0.0000164. The van der Waals surface area contributed by atoms with E-state index in [0.717, 1.165) is 10.3 Å². The monoisotopic (exact) mass is 691 g/mol. The van der Waals surface area contributed by atoms with Crippen molar-refractivity contribution in [2.45, 2.75) is 31.7 Å². The normalized spacial score (nSPS) is 15.3. The molecule has 6 N–H and O–H groups in total. The molecular weight excluding hydrogens is 658 g/mol. The van der Waals surface area contributed by atoms with Crippen LogP contribution in [-0.2, 0) is 14.4 Å². The van der Waals surface area contributed by atoms with Crippen LogP contribution in [0.2, 0.25) is 0 Å². The first-order chi connectivity index (χ1) is 24.6. The number of nitrogens with zero attached hydrogens (tertiary/aromatic N) is 2. The highest BCUT2D eigenvalue weighted by Crippen LogP contribution is 2.34. The Morgan fingerprint density at radius 3 is 2.39 bits per heavy atom. The van der Waals surface area contributed by atoms with Gasteiger partial charge in [-0.1, -0.05) is 24.3 Å². The number of ether oxygens (including phenoxy) is 1. The summed E-state index contributed by atoms with van der Waals surface area (Å²) < 4.78 is 5.59.